The van der Waals surface area contributed by atoms with Crippen molar-refractivity contribution in [1.82, 2.24) is 16.0 Å². The Hall–Kier alpha value is -3.22. The van der Waals surface area contributed by atoms with Crippen molar-refractivity contribution in [2.75, 3.05) is 6.54 Å². The van der Waals surface area contributed by atoms with Crippen molar-refractivity contribution in [1.29, 1.82) is 0 Å². The van der Waals surface area contributed by atoms with Gasteiger partial charge >= 0.3 is 17.9 Å². The van der Waals surface area contributed by atoms with Gasteiger partial charge in [-0.25, -0.2) is 4.79 Å². The standard InChI is InChI=1S/C18H30N4O9/c1-3-9(2)15(17(29)21-11(18(30)31)5-7-14(26)27)22-16(28)10(4-6-13(24)25)20-12(23)8-19/h9-11,15H,3-8,19H2,1-2H3,(H,20,23)(H,21,29)(H,22,28)(H,24,25)(H,26,27)(H,30,31). The van der Waals surface area contributed by atoms with Gasteiger partial charge in [0.05, 0.1) is 6.54 Å². The molecule has 0 rings (SSSR count). The molecule has 0 aromatic heterocycles. The number of aliphatic carboxylic acids is 3. The molecule has 3 amide bonds. The van der Waals surface area contributed by atoms with E-state index in [-0.39, 0.29) is 12.8 Å². The van der Waals surface area contributed by atoms with E-state index in [0.29, 0.717) is 6.42 Å². The predicted octanol–water partition coefficient (Wildman–Crippen LogP) is -1.74. The Morgan fingerprint density at radius 2 is 1.32 bits per heavy atom. The number of nitrogens with two attached hydrogens (primary N) is 1. The summed E-state index contributed by atoms with van der Waals surface area (Å²) in [4.78, 5) is 69.7. The Kier molecular flexibility index (Phi) is 12.5. The van der Waals surface area contributed by atoms with E-state index in [4.69, 9.17) is 15.9 Å². The summed E-state index contributed by atoms with van der Waals surface area (Å²) in [6.45, 7) is 2.92. The molecule has 0 heterocycles. The molecule has 176 valence electrons. The van der Waals surface area contributed by atoms with Crippen molar-refractivity contribution in [3.63, 3.8) is 0 Å². The fourth-order valence-corrected chi connectivity index (χ4v) is 2.53. The van der Waals surface area contributed by atoms with Gasteiger partial charge in [0.2, 0.25) is 17.7 Å². The molecular weight excluding hydrogens is 416 g/mol. The van der Waals surface area contributed by atoms with E-state index in [1.807, 2.05) is 0 Å². The van der Waals surface area contributed by atoms with E-state index < -0.39 is 79.1 Å². The zero-order chi connectivity index (χ0) is 24.1. The first-order valence-electron chi connectivity index (χ1n) is 9.69. The summed E-state index contributed by atoms with van der Waals surface area (Å²) in [6, 6.07) is -3.95. The number of rotatable bonds is 15. The molecule has 4 atom stereocenters. The van der Waals surface area contributed by atoms with Crippen molar-refractivity contribution in [3.8, 4) is 0 Å². The number of hydrogen-bond donors (Lipinski definition) is 7. The minimum absolute atomic E-state index is 0.252. The van der Waals surface area contributed by atoms with E-state index in [2.05, 4.69) is 16.0 Å². The molecule has 0 aliphatic heterocycles. The Bertz CT molecular complexity index is 683. The molecule has 0 aliphatic rings. The van der Waals surface area contributed by atoms with Crippen molar-refractivity contribution in [2.24, 2.45) is 11.7 Å². The van der Waals surface area contributed by atoms with Crippen LogP contribution < -0.4 is 21.7 Å². The van der Waals surface area contributed by atoms with E-state index in [9.17, 15) is 33.9 Å². The van der Waals surface area contributed by atoms with Gasteiger partial charge in [0.15, 0.2) is 0 Å². The van der Waals surface area contributed by atoms with Gasteiger partial charge in [-0.3, -0.25) is 24.0 Å². The SMILES string of the molecule is CCC(C)C(NC(=O)C(CCC(=O)O)NC(=O)CN)C(=O)NC(CCC(=O)O)C(=O)O. The van der Waals surface area contributed by atoms with Crippen molar-refractivity contribution in [2.45, 2.75) is 64.1 Å². The van der Waals surface area contributed by atoms with E-state index >= 15 is 0 Å². The van der Waals surface area contributed by atoms with Gasteiger partial charge in [-0.15, -0.1) is 0 Å². The van der Waals surface area contributed by atoms with Crippen LogP contribution in [-0.4, -0.2) is 75.6 Å². The third-order valence-corrected chi connectivity index (χ3v) is 4.54. The summed E-state index contributed by atoms with van der Waals surface area (Å²) in [5.74, 6) is -6.69. The van der Waals surface area contributed by atoms with E-state index in [1.165, 1.54) is 0 Å². The van der Waals surface area contributed by atoms with Gasteiger partial charge in [-0.2, -0.15) is 0 Å². The smallest absolute Gasteiger partial charge is 0.326 e. The van der Waals surface area contributed by atoms with Crippen LogP contribution in [0, 0.1) is 5.92 Å². The van der Waals surface area contributed by atoms with Crippen LogP contribution in [0.2, 0.25) is 0 Å². The molecule has 0 saturated carbocycles. The molecule has 4 unspecified atom stereocenters. The highest BCUT2D eigenvalue weighted by atomic mass is 16.4. The summed E-state index contributed by atoms with van der Waals surface area (Å²) < 4.78 is 0. The molecule has 0 fully saturated rings. The number of carbonyl (C=O) groups is 6. The van der Waals surface area contributed by atoms with Crippen LogP contribution in [0.3, 0.4) is 0 Å². The first-order valence-corrected chi connectivity index (χ1v) is 9.69. The number of nitrogens with one attached hydrogen (secondary N) is 3. The number of carboxylic acids is 3. The van der Waals surface area contributed by atoms with E-state index in [1.54, 1.807) is 13.8 Å². The number of carbonyl (C=O) groups excluding carboxylic acids is 3. The molecule has 0 bridgehead atoms. The highest BCUT2D eigenvalue weighted by molar-refractivity contribution is 5.94. The molecule has 13 nitrogen and oxygen atoms in total. The maximum absolute atomic E-state index is 12.7. The van der Waals surface area contributed by atoms with Crippen LogP contribution in [0.15, 0.2) is 0 Å². The highest BCUT2D eigenvalue weighted by Crippen LogP contribution is 2.11. The number of carboxylic acid groups (broad SMARTS) is 3. The average molecular weight is 446 g/mol. The second-order valence-corrected chi connectivity index (χ2v) is 6.96. The van der Waals surface area contributed by atoms with Crippen molar-refractivity contribution >= 4 is 35.6 Å². The largest absolute Gasteiger partial charge is 0.481 e. The fraction of sp³-hybridized carbons (Fsp3) is 0.667. The lowest BCUT2D eigenvalue weighted by Gasteiger charge is -2.27. The van der Waals surface area contributed by atoms with Gasteiger partial charge in [0, 0.05) is 12.8 Å². The van der Waals surface area contributed by atoms with Gasteiger partial charge < -0.3 is 37.0 Å². The van der Waals surface area contributed by atoms with Crippen LogP contribution in [0.25, 0.3) is 0 Å². The summed E-state index contributed by atoms with van der Waals surface area (Å²) in [5.41, 5.74) is 5.21. The van der Waals surface area contributed by atoms with Gasteiger partial charge in [-0.05, 0) is 18.8 Å². The third-order valence-electron chi connectivity index (χ3n) is 4.54. The van der Waals surface area contributed by atoms with Crippen LogP contribution in [0.5, 0.6) is 0 Å². The first-order chi connectivity index (χ1) is 14.4. The minimum Gasteiger partial charge on any atom is -0.481 e. The summed E-state index contributed by atoms with van der Waals surface area (Å²) >= 11 is 0. The molecule has 0 aromatic rings. The maximum atomic E-state index is 12.7. The lowest BCUT2D eigenvalue weighted by atomic mass is 9.97. The topological polar surface area (TPSA) is 225 Å². The molecule has 13 heteroatoms. The van der Waals surface area contributed by atoms with Crippen molar-refractivity contribution in [3.05, 3.63) is 0 Å². The van der Waals surface area contributed by atoms with Gasteiger partial charge in [0.1, 0.15) is 18.1 Å². The average Bonchev–Trinajstić information content (AvgIpc) is 2.70. The molecule has 0 aromatic carbocycles. The molecular formula is C18H30N4O9. The van der Waals surface area contributed by atoms with Crippen LogP contribution >= 0.6 is 0 Å². The molecule has 8 N–H and O–H groups in total. The van der Waals surface area contributed by atoms with Crippen LogP contribution in [0.1, 0.15) is 46.0 Å². The first kappa shape index (κ1) is 27.8. The normalized spacial score (nSPS) is 14.4. The molecule has 0 saturated heterocycles. The molecule has 0 aliphatic carbocycles. The fourth-order valence-electron chi connectivity index (χ4n) is 2.53. The summed E-state index contributed by atoms with van der Waals surface area (Å²) in [6.07, 6.45) is -1.11. The molecule has 0 spiro atoms. The quantitative estimate of drug-likeness (QED) is 0.150. The van der Waals surface area contributed by atoms with Crippen LogP contribution in [0.4, 0.5) is 0 Å². The monoisotopic (exact) mass is 446 g/mol. The second kappa shape index (κ2) is 13.9. The Balaban J connectivity index is 5.45. The van der Waals surface area contributed by atoms with E-state index in [0.717, 1.165) is 0 Å². The third kappa shape index (κ3) is 10.9. The van der Waals surface area contributed by atoms with Crippen LogP contribution in [-0.2, 0) is 28.8 Å². The van der Waals surface area contributed by atoms with Crippen molar-refractivity contribution < 1.29 is 44.1 Å². The number of amides is 3. The zero-order valence-corrected chi connectivity index (χ0v) is 17.4. The Morgan fingerprint density at radius 3 is 1.74 bits per heavy atom. The highest BCUT2D eigenvalue weighted by Gasteiger charge is 2.32. The maximum Gasteiger partial charge on any atom is 0.326 e. The Morgan fingerprint density at radius 1 is 0.806 bits per heavy atom. The summed E-state index contributed by atoms with van der Waals surface area (Å²) in [7, 11) is 0. The zero-order valence-electron chi connectivity index (χ0n) is 17.4. The molecule has 31 heavy (non-hydrogen) atoms. The van der Waals surface area contributed by atoms with Gasteiger partial charge in [-0.1, -0.05) is 20.3 Å². The lowest BCUT2D eigenvalue weighted by Crippen LogP contribution is -2.58. The lowest BCUT2D eigenvalue weighted by molar-refractivity contribution is -0.143. The molecule has 0 radical (unpaired) electrons. The Labute approximate surface area is 178 Å². The number of hydrogen-bond acceptors (Lipinski definition) is 7. The minimum atomic E-state index is -1.48. The predicted molar refractivity (Wildman–Crippen MR) is 106 cm³/mol. The van der Waals surface area contributed by atoms with Gasteiger partial charge in [0.25, 0.3) is 0 Å². The second-order valence-electron chi connectivity index (χ2n) is 6.96. The summed E-state index contributed by atoms with van der Waals surface area (Å²) in [5, 5.41) is 33.7.